The van der Waals surface area contributed by atoms with Crippen molar-refractivity contribution in [1.82, 2.24) is 0 Å². The molecule has 0 radical (unpaired) electrons. The van der Waals surface area contributed by atoms with E-state index >= 15 is 0 Å². The second kappa shape index (κ2) is 8.29. The van der Waals surface area contributed by atoms with Gasteiger partial charge in [-0.25, -0.2) is 0 Å². The quantitative estimate of drug-likeness (QED) is 0.253. The van der Waals surface area contributed by atoms with Crippen molar-refractivity contribution in [2.75, 3.05) is 0 Å². The van der Waals surface area contributed by atoms with Gasteiger partial charge >= 0.3 is 0 Å². The molecular weight excluding hydrogens is 560 g/mol. The highest BCUT2D eigenvalue weighted by Crippen LogP contribution is 2.37. The molecule has 4 rings (SSSR count). The Morgan fingerprint density at radius 2 is 1.03 bits per heavy atom. The van der Waals surface area contributed by atoms with Crippen LogP contribution >= 0.6 is 0 Å². The minimum absolute atomic E-state index is 0.0133. The number of rotatable bonds is 5. The summed E-state index contributed by atoms with van der Waals surface area (Å²) in [5.74, 6) is 0. The van der Waals surface area contributed by atoms with E-state index in [1.54, 1.807) is 0 Å². The van der Waals surface area contributed by atoms with Crippen molar-refractivity contribution >= 4 is 62.0 Å². The van der Waals surface area contributed by atoms with Gasteiger partial charge in [-0.2, -0.15) is 33.7 Å². The first-order valence-corrected chi connectivity index (χ1v) is 15.2. The fourth-order valence-corrected chi connectivity index (χ4v) is 6.53. The summed E-state index contributed by atoms with van der Waals surface area (Å²) in [4.78, 5) is -3.30. The summed E-state index contributed by atoms with van der Waals surface area (Å²) in [7, 11) is -19.7. The van der Waals surface area contributed by atoms with Gasteiger partial charge in [0.15, 0.2) is 0 Å². The lowest BCUT2D eigenvalue weighted by Gasteiger charge is -2.14. The molecule has 0 atom stereocenters. The Morgan fingerprint density at radius 3 is 1.56 bits per heavy atom. The topological polar surface area (TPSA) is 217 Å². The highest BCUT2D eigenvalue weighted by Gasteiger charge is 2.24. The lowest BCUT2D eigenvalue weighted by Crippen LogP contribution is -2.05. The fraction of sp³-hybridized carbons (Fsp3) is 0. The molecule has 4 aromatic rings. The van der Waals surface area contributed by atoms with E-state index in [0.29, 0.717) is 12.1 Å². The molecule has 0 aliphatic carbocycles. The zero-order valence-electron chi connectivity index (χ0n) is 17.5. The Labute approximate surface area is 204 Å². The minimum Gasteiger partial charge on any atom is -0.282 e. The van der Waals surface area contributed by atoms with Crippen LogP contribution in [0.3, 0.4) is 0 Å². The third-order valence-electron chi connectivity index (χ3n) is 5.26. The first-order chi connectivity index (χ1) is 16.4. The van der Waals surface area contributed by atoms with E-state index in [2.05, 4.69) is 0 Å². The molecule has 0 aliphatic heterocycles. The van der Waals surface area contributed by atoms with Crippen LogP contribution in [0.25, 0.3) is 32.7 Å². The van der Waals surface area contributed by atoms with Gasteiger partial charge in [0.2, 0.25) is 0 Å². The van der Waals surface area contributed by atoms with Crippen LogP contribution in [0.1, 0.15) is 0 Å². The van der Waals surface area contributed by atoms with Crippen LogP contribution in [0.15, 0.2) is 80.2 Å². The molecule has 0 spiro atoms. The maximum Gasteiger partial charge on any atom is 0.295 e. The van der Waals surface area contributed by atoms with Gasteiger partial charge in [-0.15, -0.1) is 0 Å². The van der Waals surface area contributed by atoms with Crippen LogP contribution in [0, 0.1) is 0 Å². The Hall–Kier alpha value is -2.96. The molecule has 0 unspecified atom stereocenters. The van der Waals surface area contributed by atoms with Crippen LogP contribution < -0.4 is 0 Å². The Morgan fingerprint density at radius 1 is 0.500 bits per heavy atom. The predicted octanol–water partition coefficient (Wildman–Crippen LogP) is 2.65. The van der Waals surface area contributed by atoms with E-state index in [1.165, 1.54) is 36.4 Å². The molecule has 190 valence electrons. The first-order valence-electron chi connectivity index (χ1n) is 9.42. The van der Waals surface area contributed by atoms with Crippen molar-refractivity contribution < 1.29 is 51.9 Å². The van der Waals surface area contributed by atoms with E-state index < -0.39 is 60.1 Å². The van der Waals surface area contributed by atoms with Crippen LogP contribution in [0.2, 0.25) is 0 Å². The average molecular weight is 575 g/mol. The first kappa shape index (κ1) is 26.1. The van der Waals surface area contributed by atoms with Crippen LogP contribution in [-0.2, 0) is 40.5 Å². The molecule has 4 N–H and O–H groups in total. The van der Waals surface area contributed by atoms with Crippen LogP contribution in [-0.4, -0.2) is 51.9 Å². The summed E-state index contributed by atoms with van der Waals surface area (Å²) in [5.41, 5.74) is 0.251. The molecule has 0 fully saturated rings. The van der Waals surface area contributed by atoms with Crippen LogP contribution in [0.5, 0.6) is 0 Å². The third-order valence-corrected chi connectivity index (χ3v) is 8.70. The smallest absolute Gasteiger partial charge is 0.282 e. The van der Waals surface area contributed by atoms with E-state index in [-0.39, 0.29) is 32.7 Å². The Bertz CT molecular complexity index is 2030. The molecule has 12 nitrogen and oxygen atoms in total. The van der Waals surface area contributed by atoms with Gasteiger partial charge in [0.1, 0.15) is 9.79 Å². The van der Waals surface area contributed by atoms with Gasteiger partial charge < -0.3 is 0 Å². The van der Waals surface area contributed by atoms with E-state index in [0.717, 1.165) is 12.1 Å². The molecule has 0 aliphatic rings. The van der Waals surface area contributed by atoms with Crippen molar-refractivity contribution in [2.45, 2.75) is 19.6 Å². The molecule has 36 heavy (non-hydrogen) atoms. The zero-order valence-corrected chi connectivity index (χ0v) is 20.7. The maximum atomic E-state index is 12.1. The molecule has 0 saturated carbocycles. The highest BCUT2D eigenvalue weighted by atomic mass is 32.2. The van der Waals surface area contributed by atoms with Crippen molar-refractivity contribution in [3.8, 4) is 11.1 Å². The summed E-state index contributed by atoms with van der Waals surface area (Å²) in [6.45, 7) is 0. The third kappa shape index (κ3) is 4.84. The van der Waals surface area contributed by atoms with Gasteiger partial charge in [0.25, 0.3) is 40.5 Å². The average Bonchev–Trinajstić information content (AvgIpc) is 2.74. The van der Waals surface area contributed by atoms with Gasteiger partial charge in [-0.3, -0.25) is 18.2 Å². The summed E-state index contributed by atoms with van der Waals surface area (Å²) < 4.78 is 133. The number of hydrogen-bond donors (Lipinski definition) is 4. The zero-order chi connectivity index (χ0) is 26.8. The molecule has 0 bridgehead atoms. The second-order valence-electron chi connectivity index (χ2n) is 7.58. The summed E-state index contributed by atoms with van der Waals surface area (Å²) in [5, 5.41) is -0.388. The van der Waals surface area contributed by atoms with E-state index in [9.17, 15) is 51.9 Å². The molecule has 0 heterocycles. The second-order valence-corrected chi connectivity index (χ2v) is 13.2. The van der Waals surface area contributed by atoms with Gasteiger partial charge in [0.05, 0.1) is 9.79 Å². The summed E-state index contributed by atoms with van der Waals surface area (Å²) in [6, 6.07) is 10.9. The highest BCUT2D eigenvalue weighted by molar-refractivity contribution is 7.87. The predicted molar refractivity (Wildman–Crippen MR) is 126 cm³/mol. The van der Waals surface area contributed by atoms with Crippen molar-refractivity contribution in [3.05, 3.63) is 60.7 Å². The lowest BCUT2D eigenvalue weighted by atomic mass is 9.96. The minimum atomic E-state index is -5.04. The Kier molecular flexibility index (Phi) is 6.01. The van der Waals surface area contributed by atoms with E-state index in [1.807, 2.05) is 0 Å². The SMILES string of the molecule is O=S(=O)(O)c1cc(S(=O)(=O)O)c2ccc(-c3cccc4cc(S(=O)(=O)O)cc(S(=O)(=O)O)c34)cc2c1. The molecule has 16 heteroatoms. The largest absolute Gasteiger partial charge is 0.295 e. The Balaban J connectivity index is 2.14. The number of fused-ring (bicyclic) bond motifs is 2. The number of hydrogen-bond acceptors (Lipinski definition) is 8. The van der Waals surface area contributed by atoms with E-state index in [4.69, 9.17) is 0 Å². The molecule has 0 saturated heterocycles. The normalized spacial score (nSPS) is 13.3. The molecular formula is C20H14O12S4. The maximum absolute atomic E-state index is 12.1. The van der Waals surface area contributed by atoms with Gasteiger partial charge in [-0.1, -0.05) is 30.3 Å². The van der Waals surface area contributed by atoms with Crippen molar-refractivity contribution in [1.29, 1.82) is 0 Å². The fourth-order valence-electron chi connectivity index (χ4n) is 3.79. The summed E-state index contributed by atoms with van der Waals surface area (Å²) >= 11 is 0. The van der Waals surface area contributed by atoms with Crippen LogP contribution in [0.4, 0.5) is 0 Å². The standard InChI is InChI=1S/C20H14O12S4/c21-33(22,23)14-7-12-2-1-3-17(20(12)19(10-14)36(30,31)32)11-4-5-16-13(6-11)8-15(34(24,25)26)9-18(16)35(27,28)29/h1-10H,(H,21,22,23)(H,24,25,26)(H,27,28,29)(H,30,31,32). The monoisotopic (exact) mass is 574 g/mol. The molecule has 0 aromatic heterocycles. The van der Waals surface area contributed by atoms with Gasteiger partial charge in [0, 0.05) is 10.8 Å². The number of benzene rings is 4. The van der Waals surface area contributed by atoms with Crippen molar-refractivity contribution in [2.24, 2.45) is 0 Å². The summed E-state index contributed by atoms with van der Waals surface area (Å²) in [6.07, 6.45) is 0. The molecule has 0 amide bonds. The molecule has 4 aromatic carbocycles. The lowest BCUT2D eigenvalue weighted by molar-refractivity contribution is 0.477. The van der Waals surface area contributed by atoms with Crippen molar-refractivity contribution in [3.63, 3.8) is 0 Å². The van der Waals surface area contributed by atoms with Gasteiger partial charge in [-0.05, 0) is 52.2 Å².